The Morgan fingerprint density at radius 1 is 0.500 bits per heavy atom. The number of aliphatic carboxylic acids is 1. The number of carbonyl (C=O) groups is 4. The van der Waals surface area contributed by atoms with Crippen molar-refractivity contribution in [2.24, 2.45) is 0 Å². The molecule has 44 heavy (non-hydrogen) atoms. The Bertz CT molecular complexity index is 710. The number of carboxylic acid groups (broad SMARTS) is 1. The predicted molar refractivity (Wildman–Crippen MR) is 181 cm³/mol. The van der Waals surface area contributed by atoms with E-state index < -0.39 is 12.0 Å². The number of hydrogen-bond acceptors (Lipinski definition) is 5. The third-order valence-corrected chi connectivity index (χ3v) is 8.44. The SMILES string of the molecule is CCCCCCCCCCCCCCCC(=O)[C@H](COC(=O)CCCCCCCCCCCCC)NC(=O)CCCC(=O)O. The van der Waals surface area contributed by atoms with Gasteiger partial charge in [-0.1, -0.05) is 155 Å². The first-order chi connectivity index (χ1) is 21.4. The van der Waals surface area contributed by atoms with Gasteiger partial charge in [0.2, 0.25) is 5.91 Å². The van der Waals surface area contributed by atoms with Crippen molar-refractivity contribution >= 4 is 23.6 Å². The Morgan fingerprint density at radius 2 is 0.886 bits per heavy atom. The molecule has 2 N–H and O–H groups in total. The van der Waals surface area contributed by atoms with Crippen LogP contribution in [0.5, 0.6) is 0 Å². The van der Waals surface area contributed by atoms with Crippen molar-refractivity contribution in [2.45, 2.75) is 206 Å². The van der Waals surface area contributed by atoms with Crippen LogP contribution in [0.1, 0.15) is 200 Å². The molecule has 7 heteroatoms. The highest BCUT2D eigenvalue weighted by atomic mass is 16.5. The number of unbranched alkanes of at least 4 members (excludes halogenated alkanes) is 22. The number of carboxylic acids is 1. The van der Waals surface area contributed by atoms with E-state index in [4.69, 9.17) is 9.84 Å². The molecule has 0 fully saturated rings. The van der Waals surface area contributed by atoms with E-state index in [0.717, 1.165) is 38.5 Å². The van der Waals surface area contributed by atoms with Crippen LogP contribution < -0.4 is 5.32 Å². The van der Waals surface area contributed by atoms with Gasteiger partial charge in [-0.3, -0.25) is 19.2 Å². The molecule has 0 saturated carbocycles. The van der Waals surface area contributed by atoms with Crippen molar-refractivity contribution in [1.29, 1.82) is 0 Å². The Labute approximate surface area is 270 Å². The molecule has 0 unspecified atom stereocenters. The number of Topliss-reactive ketones (excluding diaryl/α,β-unsaturated/α-hetero) is 1. The van der Waals surface area contributed by atoms with Gasteiger partial charge in [-0.2, -0.15) is 0 Å². The largest absolute Gasteiger partial charge is 0.481 e. The normalized spacial score (nSPS) is 11.8. The quantitative estimate of drug-likeness (QED) is 0.0545. The summed E-state index contributed by atoms with van der Waals surface area (Å²) in [6.07, 6.45) is 30.0. The van der Waals surface area contributed by atoms with E-state index in [0.29, 0.717) is 12.8 Å². The summed E-state index contributed by atoms with van der Waals surface area (Å²) in [5.74, 6) is -1.79. The fourth-order valence-corrected chi connectivity index (χ4v) is 5.56. The number of hydrogen-bond donors (Lipinski definition) is 2. The van der Waals surface area contributed by atoms with Gasteiger partial charge in [0.25, 0.3) is 0 Å². The minimum atomic E-state index is -0.954. The van der Waals surface area contributed by atoms with E-state index in [1.807, 2.05) is 0 Å². The molecule has 1 amide bonds. The van der Waals surface area contributed by atoms with Gasteiger partial charge >= 0.3 is 11.9 Å². The van der Waals surface area contributed by atoms with E-state index in [1.165, 1.54) is 116 Å². The van der Waals surface area contributed by atoms with Crippen molar-refractivity contribution in [2.75, 3.05) is 6.61 Å². The maximum Gasteiger partial charge on any atom is 0.305 e. The topological polar surface area (TPSA) is 110 Å². The number of nitrogens with one attached hydrogen (secondary N) is 1. The second kappa shape index (κ2) is 32.5. The van der Waals surface area contributed by atoms with Crippen LogP contribution in [0.3, 0.4) is 0 Å². The summed E-state index contributed by atoms with van der Waals surface area (Å²) in [5, 5.41) is 11.5. The first-order valence-electron chi connectivity index (χ1n) is 18.6. The van der Waals surface area contributed by atoms with E-state index in [2.05, 4.69) is 19.2 Å². The summed E-state index contributed by atoms with van der Waals surface area (Å²) in [6, 6.07) is -0.870. The molecule has 0 heterocycles. The Kier molecular flexibility index (Phi) is 31.1. The highest BCUT2D eigenvalue weighted by Crippen LogP contribution is 2.14. The van der Waals surface area contributed by atoms with Crippen molar-refractivity contribution < 1.29 is 29.0 Å². The number of amides is 1. The lowest BCUT2D eigenvalue weighted by Gasteiger charge is -2.18. The van der Waals surface area contributed by atoms with Crippen molar-refractivity contribution in [3.05, 3.63) is 0 Å². The number of ether oxygens (including phenoxy) is 1. The molecule has 0 aromatic carbocycles. The Balaban J connectivity index is 4.22. The van der Waals surface area contributed by atoms with E-state index in [1.54, 1.807) is 0 Å². The van der Waals surface area contributed by atoms with Crippen LogP contribution in [-0.2, 0) is 23.9 Å². The first kappa shape index (κ1) is 42.1. The van der Waals surface area contributed by atoms with Crippen molar-refractivity contribution in [1.82, 2.24) is 5.32 Å². The van der Waals surface area contributed by atoms with Gasteiger partial charge in [0, 0.05) is 25.7 Å². The Hall–Kier alpha value is -1.92. The zero-order chi connectivity index (χ0) is 32.5. The number of esters is 1. The first-order valence-corrected chi connectivity index (χ1v) is 18.6. The maximum absolute atomic E-state index is 12.9. The fourth-order valence-electron chi connectivity index (χ4n) is 5.56. The monoisotopic (exact) mass is 624 g/mol. The summed E-state index contributed by atoms with van der Waals surface area (Å²) >= 11 is 0. The Morgan fingerprint density at radius 3 is 1.30 bits per heavy atom. The molecule has 7 nitrogen and oxygen atoms in total. The van der Waals surface area contributed by atoms with Gasteiger partial charge < -0.3 is 15.2 Å². The highest BCUT2D eigenvalue weighted by molar-refractivity contribution is 5.89. The third kappa shape index (κ3) is 30.1. The van der Waals surface area contributed by atoms with Gasteiger partial charge in [0.05, 0.1) is 0 Å². The summed E-state index contributed by atoms with van der Waals surface area (Å²) in [4.78, 5) is 48.4. The standard InChI is InChI=1S/C37H69NO6/c1-3-5-7-9-11-13-15-16-18-19-21-23-25-28-34(39)33(38-35(40)29-27-30-36(41)42)32-44-37(43)31-26-24-22-20-17-14-12-10-8-6-4-2/h33H,3-32H2,1-2H3,(H,38,40)(H,41,42)/t33-/m0/s1. The van der Waals surface area contributed by atoms with Crippen LogP contribution in [-0.4, -0.2) is 41.4 Å². The van der Waals surface area contributed by atoms with Crippen LogP contribution in [0.2, 0.25) is 0 Å². The van der Waals surface area contributed by atoms with Crippen LogP contribution in [0.25, 0.3) is 0 Å². The highest BCUT2D eigenvalue weighted by Gasteiger charge is 2.22. The minimum Gasteiger partial charge on any atom is -0.481 e. The molecule has 258 valence electrons. The van der Waals surface area contributed by atoms with Gasteiger partial charge in [-0.25, -0.2) is 0 Å². The molecule has 0 aliphatic rings. The van der Waals surface area contributed by atoms with E-state index in [9.17, 15) is 19.2 Å². The summed E-state index contributed by atoms with van der Waals surface area (Å²) in [7, 11) is 0. The molecular formula is C37H69NO6. The average Bonchev–Trinajstić information content (AvgIpc) is 3.00. The molecule has 0 saturated heterocycles. The lowest BCUT2D eigenvalue weighted by molar-refractivity contribution is -0.146. The van der Waals surface area contributed by atoms with Gasteiger partial charge in [-0.05, 0) is 19.3 Å². The summed E-state index contributed by atoms with van der Waals surface area (Å²) in [6.45, 7) is 4.33. The number of carbonyl (C=O) groups excluding carboxylic acids is 3. The second-order valence-corrected chi connectivity index (χ2v) is 12.8. The molecule has 0 rings (SSSR count). The molecule has 0 radical (unpaired) electrons. The summed E-state index contributed by atoms with van der Waals surface area (Å²) in [5.41, 5.74) is 0. The lowest BCUT2D eigenvalue weighted by Crippen LogP contribution is -2.44. The molecular weight excluding hydrogens is 554 g/mol. The average molecular weight is 624 g/mol. The van der Waals surface area contributed by atoms with Crippen molar-refractivity contribution in [3.8, 4) is 0 Å². The summed E-state index contributed by atoms with van der Waals surface area (Å²) < 4.78 is 5.41. The third-order valence-electron chi connectivity index (χ3n) is 8.44. The number of rotatable bonds is 34. The second-order valence-electron chi connectivity index (χ2n) is 12.8. The van der Waals surface area contributed by atoms with Crippen molar-refractivity contribution in [3.63, 3.8) is 0 Å². The van der Waals surface area contributed by atoms with Crippen LogP contribution >= 0.6 is 0 Å². The number of ketones is 1. The fraction of sp³-hybridized carbons (Fsp3) is 0.892. The van der Waals surface area contributed by atoms with E-state index in [-0.39, 0.29) is 43.5 Å². The molecule has 0 bridgehead atoms. The van der Waals surface area contributed by atoms with Gasteiger partial charge in [-0.15, -0.1) is 0 Å². The van der Waals surface area contributed by atoms with Crippen LogP contribution in [0.4, 0.5) is 0 Å². The molecule has 0 aromatic rings. The molecule has 0 aliphatic carbocycles. The zero-order valence-electron chi connectivity index (χ0n) is 28.8. The lowest BCUT2D eigenvalue weighted by atomic mass is 10.0. The molecule has 1 atom stereocenters. The minimum absolute atomic E-state index is 0.0293. The van der Waals surface area contributed by atoms with Gasteiger partial charge in [0.15, 0.2) is 5.78 Å². The molecule has 0 aromatic heterocycles. The van der Waals surface area contributed by atoms with Gasteiger partial charge in [0.1, 0.15) is 12.6 Å². The smallest absolute Gasteiger partial charge is 0.305 e. The molecule has 0 aliphatic heterocycles. The van der Waals surface area contributed by atoms with E-state index >= 15 is 0 Å². The maximum atomic E-state index is 12.9. The molecule has 0 spiro atoms. The van der Waals surface area contributed by atoms with Crippen LogP contribution in [0.15, 0.2) is 0 Å². The zero-order valence-corrected chi connectivity index (χ0v) is 28.8. The van der Waals surface area contributed by atoms with Crippen LogP contribution in [0, 0.1) is 0 Å². The predicted octanol–water partition coefficient (Wildman–Crippen LogP) is 10.0.